The Balaban J connectivity index is 1.98. The van der Waals surface area contributed by atoms with Gasteiger partial charge in [-0.3, -0.25) is 4.72 Å². The van der Waals surface area contributed by atoms with Crippen molar-refractivity contribution < 1.29 is 13.6 Å². The van der Waals surface area contributed by atoms with E-state index in [4.69, 9.17) is 10.9 Å². The third-order valence-electron chi connectivity index (χ3n) is 2.89. The van der Waals surface area contributed by atoms with Gasteiger partial charge in [0.2, 0.25) is 10.0 Å². The molecule has 0 saturated heterocycles. The molecule has 0 heterocycles. The van der Waals surface area contributed by atoms with Crippen LogP contribution in [0, 0.1) is 5.92 Å². The molecule has 0 bridgehead atoms. The Morgan fingerprint density at radius 2 is 2.00 bits per heavy atom. The lowest BCUT2D eigenvalue weighted by Crippen LogP contribution is -2.18. The molecule has 1 fully saturated rings. The first-order valence-electron chi connectivity index (χ1n) is 6.04. The van der Waals surface area contributed by atoms with Crippen LogP contribution in [0.15, 0.2) is 29.4 Å². The van der Waals surface area contributed by atoms with E-state index in [-0.39, 0.29) is 11.6 Å². The van der Waals surface area contributed by atoms with Crippen molar-refractivity contribution in [2.24, 2.45) is 16.8 Å². The predicted octanol–water partition coefficient (Wildman–Crippen LogP) is 1.13. The van der Waals surface area contributed by atoms with Crippen LogP contribution in [-0.2, 0) is 16.4 Å². The molecule has 1 aromatic rings. The zero-order chi connectivity index (χ0) is 13.9. The van der Waals surface area contributed by atoms with Crippen LogP contribution in [-0.4, -0.2) is 25.2 Å². The van der Waals surface area contributed by atoms with E-state index in [2.05, 4.69) is 9.88 Å². The summed E-state index contributed by atoms with van der Waals surface area (Å²) in [6.45, 7) is 0. The molecule has 19 heavy (non-hydrogen) atoms. The van der Waals surface area contributed by atoms with E-state index < -0.39 is 10.0 Å². The molecule has 6 nitrogen and oxygen atoms in total. The summed E-state index contributed by atoms with van der Waals surface area (Å²) in [6.07, 6.45) is 2.32. The molecule has 0 aliphatic heterocycles. The smallest absolute Gasteiger partial charge is 0.232 e. The molecule has 104 valence electrons. The van der Waals surface area contributed by atoms with Gasteiger partial charge in [-0.2, -0.15) is 0 Å². The van der Waals surface area contributed by atoms with Gasteiger partial charge in [-0.05, 0) is 36.5 Å². The van der Waals surface area contributed by atoms with Gasteiger partial charge in [-0.15, -0.1) is 0 Å². The molecule has 0 aromatic heterocycles. The minimum absolute atomic E-state index is 0.113. The third-order valence-corrected chi connectivity index (χ3v) is 4.35. The monoisotopic (exact) mass is 283 g/mol. The first-order chi connectivity index (χ1) is 8.98. The van der Waals surface area contributed by atoms with Crippen LogP contribution in [0.3, 0.4) is 0 Å². The lowest BCUT2D eigenvalue weighted by molar-refractivity contribution is 0.317. The lowest BCUT2D eigenvalue weighted by Gasteiger charge is -2.08. The molecule has 0 amide bonds. The van der Waals surface area contributed by atoms with Crippen molar-refractivity contribution in [3.05, 3.63) is 29.8 Å². The van der Waals surface area contributed by atoms with Gasteiger partial charge < -0.3 is 10.9 Å². The number of nitrogens with zero attached hydrogens (tertiary/aromatic N) is 1. The number of hydrogen-bond donors (Lipinski definition) is 3. The van der Waals surface area contributed by atoms with E-state index in [0.717, 1.165) is 18.4 Å². The highest BCUT2D eigenvalue weighted by atomic mass is 32.2. The number of nitrogens with two attached hydrogens (primary N) is 1. The number of rotatable bonds is 6. The van der Waals surface area contributed by atoms with Crippen LogP contribution >= 0.6 is 0 Å². The molecule has 1 aliphatic rings. The summed E-state index contributed by atoms with van der Waals surface area (Å²) in [5, 5.41) is 11.4. The highest BCUT2D eigenvalue weighted by molar-refractivity contribution is 7.92. The summed E-state index contributed by atoms with van der Waals surface area (Å²) >= 11 is 0. The van der Waals surface area contributed by atoms with Crippen molar-refractivity contribution in [2.45, 2.75) is 19.3 Å². The highest BCUT2D eigenvalue weighted by Gasteiger charge is 2.27. The van der Waals surface area contributed by atoms with E-state index in [1.807, 2.05) is 0 Å². The molecule has 4 N–H and O–H groups in total. The Morgan fingerprint density at radius 3 is 2.53 bits per heavy atom. The van der Waals surface area contributed by atoms with Gasteiger partial charge in [0.15, 0.2) is 0 Å². The van der Waals surface area contributed by atoms with Crippen LogP contribution in [0.5, 0.6) is 0 Å². The number of amidine groups is 1. The van der Waals surface area contributed by atoms with E-state index in [1.54, 1.807) is 24.3 Å². The van der Waals surface area contributed by atoms with Gasteiger partial charge in [0.05, 0.1) is 5.75 Å². The Kier molecular flexibility index (Phi) is 3.94. The summed E-state index contributed by atoms with van der Waals surface area (Å²) in [6, 6.07) is 6.83. The van der Waals surface area contributed by atoms with Crippen LogP contribution < -0.4 is 10.5 Å². The summed E-state index contributed by atoms with van der Waals surface area (Å²) in [5.74, 6) is 0.623. The maximum atomic E-state index is 11.8. The Hall–Kier alpha value is -1.76. The Morgan fingerprint density at radius 1 is 1.37 bits per heavy atom. The van der Waals surface area contributed by atoms with Gasteiger partial charge >= 0.3 is 0 Å². The standard InChI is InChI=1S/C12H17N3O3S/c13-12(14-16)7-9-3-5-11(6-4-9)15-19(17,18)8-10-1-2-10/h3-6,10,15-16H,1-2,7-8H2,(H2,13,14). The van der Waals surface area contributed by atoms with Crippen molar-refractivity contribution in [1.82, 2.24) is 0 Å². The molecule has 1 aromatic carbocycles. The van der Waals surface area contributed by atoms with Crippen LogP contribution in [0.2, 0.25) is 0 Å². The number of hydrogen-bond acceptors (Lipinski definition) is 4. The van der Waals surface area contributed by atoms with Crippen molar-refractivity contribution in [1.29, 1.82) is 0 Å². The van der Waals surface area contributed by atoms with Crippen molar-refractivity contribution in [3.63, 3.8) is 0 Å². The van der Waals surface area contributed by atoms with E-state index in [0.29, 0.717) is 18.0 Å². The van der Waals surface area contributed by atoms with Crippen molar-refractivity contribution in [3.8, 4) is 0 Å². The fraction of sp³-hybridized carbons (Fsp3) is 0.417. The summed E-state index contributed by atoms with van der Waals surface area (Å²) < 4.78 is 26.1. The SMILES string of the molecule is NC(Cc1ccc(NS(=O)(=O)CC2CC2)cc1)=NO. The van der Waals surface area contributed by atoms with Gasteiger partial charge in [0.25, 0.3) is 0 Å². The van der Waals surface area contributed by atoms with E-state index in [1.165, 1.54) is 0 Å². The molecular weight excluding hydrogens is 266 g/mol. The first-order valence-corrected chi connectivity index (χ1v) is 7.69. The molecule has 0 atom stereocenters. The topological polar surface area (TPSA) is 105 Å². The lowest BCUT2D eigenvalue weighted by atomic mass is 10.1. The molecule has 1 saturated carbocycles. The van der Waals surface area contributed by atoms with Crippen molar-refractivity contribution in [2.75, 3.05) is 10.5 Å². The van der Waals surface area contributed by atoms with E-state index in [9.17, 15) is 8.42 Å². The zero-order valence-electron chi connectivity index (χ0n) is 10.4. The summed E-state index contributed by atoms with van der Waals surface area (Å²) in [5.41, 5.74) is 6.77. The second-order valence-electron chi connectivity index (χ2n) is 4.79. The maximum absolute atomic E-state index is 11.8. The molecule has 0 unspecified atom stereocenters. The van der Waals surface area contributed by atoms with Crippen molar-refractivity contribution >= 4 is 21.5 Å². The third kappa shape index (κ3) is 4.44. The molecular formula is C12H17N3O3S. The molecule has 1 aliphatic carbocycles. The minimum Gasteiger partial charge on any atom is -0.409 e. The van der Waals surface area contributed by atoms with Crippen LogP contribution in [0.25, 0.3) is 0 Å². The summed E-state index contributed by atoms with van der Waals surface area (Å²) in [4.78, 5) is 0. The average Bonchev–Trinajstić information content (AvgIpc) is 3.14. The summed E-state index contributed by atoms with van der Waals surface area (Å²) in [7, 11) is -3.25. The fourth-order valence-corrected chi connectivity index (χ4v) is 3.28. The largest absolute Gasteiger partial charge is 0.409 e. The normalized spacial score (nSPS) is 16.3. The molecule has 0 radical (unpaired) electrons. The average molecular weight is 283 g/mol. The number of sulfonamides is 1. The molecule has 2 rings (SSSR count). The second kappa shape index (κ2) is 5.48. The van der Waals surface area contributed by atoms with Gasteiger partial charge in [0, 0.05) is 12.1 Å². The minimum atomic E-state index is -3.25. The zero-order valence-corrected chi connectivity index (χ0v) is 11.2. The molecule has 7 heteroatoms. The number of nitrogens with one attached hydrogen (secondary N) is 1. The fourth-order valence-electron chi connectivity index (χ4n) is 1.75. The van der Waals surface area contributed by atoms with Gasteiger partial charge in [-0.1, -0.05) is 17.3 Å². The quantitative estimate of drug-likeness (QED) is 0.315. The van der Waals surface area contributed by atoms with Gasteiger partial charge in [0.1, 0.15) is 5.84 Å². The van der Waals surface area contributed by atoms with Gasteiger partial charge in [-0.25, -0.2) is 8.42 Å². The number of anilines is 1. The molecule has 0 spiro atoms. The predicted molar refractivity (Wildman–Crippen MR) is 73.7 cm³/mol. The second-order valence-corrected chi connectivity index (χ2v) is 6.56. The Bertz CT molecular complexity index is 562. The van der Waals surface area contributed by atoms with Crippen LogP contribution in [0.1, 0.15) is 18.4 Å². The van der Waals surface area contributed by atoms with Crippen LogP contribution in [0.4, 0.5) is 5.69 Å². The Labute approximate surface area is 112 Å². The maximum Gasteiger partial charge on any atom is 0.232 e. The van der Waals surface area contributed by atoms with E-state index >= 15 is 0 Å². The number of oxime groups is 1. The highest BCUT2D eigenvalue weighted by Crippen LogP contribution is 2.30. The first kappa shape index (κ1) is 13.7. The number of benzene rings is 1.